The molecule has 1 aliphatic rings. The van der Waals surface area contributed by atoms with E-state index in [-0.39, 0.29) is 17.5 Å². The SMILES string of the molecule is COc1ccc(-c2ccc(S(=O)(=O)N3CC[C@@H](NCCCC(C)C)C[C@@H]3C(=O)NO)cc2)cc1. The van der Waals surface area contributed by atoms with E-state index in [0.29, 0.717) is 18.8 Å². The Labute approximate surface area is 202 Å². The number of methoxy groups -OCH3 is 1. The molecule has 2 aromatic rings. The maximum Gasteiger partial charge on any atom is 0.261 e. The zero-order valence-corrected chi connectivity index (χ0v) is 20.8. The summed E-state index contributed by atoms with van der Waals surface area (Å²) in [6, 6.07) is 13.1. The van der Waals surface area contributed by atoms with Crippen molar-refractivity contribution in [1.82, 2.24) is 15.1 Å². The first kappa shape index (κ1) is 26.2. The number of rotatable bonds is 10. The van der Waals surface area contributed by atoms with E-state index in [9.17, 15) is 18.4 Å². The Balaban J connectivity index is 1.73. The second-order valence-electron chi connectivity index (χ2n) is 9.07. The molecule has 0 spiro atoms. The van der Waals surface area contributed by atoms with E-state index in [4.69, 9.17) is 4.74 Å². The molecule has 0 radical (unpaired) electrons. The van der Waals surface area contributed by atoms with Crippen LogP contribution in [0.2, 0.25) is 0 Å². The lowest BCUT2D eigenvalue weighted by Gasteiger charge is -2.37. The fourth-order valence-electron chi connectivity index (χ4n) is 4.28. The van der Waals surface area contributed by atoms with Crippen molar-refractivity contribution in [2.24, 2.45) is 5.92 Å². The molecule has 0 aromatic heterocycles. The Hall–Kier alpha value is -2.46. The molecule has 34 heavy (non-hydrogen) atoms. The Bertz CT molecular complexity index is 1040. The summed E-state index contributed by atoms with van der Waals surface area (Å²) < 4.78 is 33.2. The van der Waals surface area contributed by atoms with Gasteiger partial charge < -0.3 is 10.1 Å². The van der Waals surface area contributed by atoms with Crippen LogP contribution in [0.25, 0.3) is 11.1 Å². The van der Waals surface area contributed by atoms with Crippen molar-refractivity contribution < 1.29 is 23.2 Å². The first-order valence-corrected chi connectivity index (χ1v) is 13.1. The van der Waals surface area contributed by atoms with Gasteiger partial charge in [0.2, 0.25) is 10.0 Å². The topological polar surface area (TPSA) is 108 Å². The Morgan fingerprint density at radius 1 is 1.12 bits per heavy atom. The Morgan fingerprint density at radius 3 is 2.29 bits per heavy atom. The predicted octanol–water partition coefficient (Wildman–Crippen LogP) is 3.42. The predicted molar refractivity (Wildman–Crippen MR) is 131 cm³/mol. The zero-order valence-electron chi connectivity index (χ0n) is 20.0. The van der Waals surface area contributed by atoms with Crippen LogP contribution < -0.4 is 15.5 Å². The normalized spacial score (nSPS) is 19.2. The van der Waals surface area contributed by atoms with Crippen molar-refractivity contribution in [3.63, 3.8) is 0 Å². The molecule has 3 rings (SSSR count). The van der Waals surface area contributed by atoms with Crippen LogP contribution in [0.5, 0.6) is 5.75 Å². The van der Waals surface area contributed by atoms with E-state index in [2.05, 4.69) is 19.2 Å². The molecule has 2 aromatic carbocycles. The van der Waals surface area contributed by atoms with Gasteiger partial charge in [-0.1, -0.05) is 38.1 Å². The number of piperidine rings is 1. The maximum atomic E-state index is 13.4. The monoisotopic (exact) mass is 489 g/mol. The lowest BCUT2D eigenvalue weighted by molar-refractivity contribution is -0.134. The molecule has 1 saturated heterocycles. The molecular weight excluding hydrogens is 454 g/mol. The second kappa shape index (κ2) is 11.8. The summed E-state index contributed by atoms with van der Waals surface area (Å²) >= 11 is 0. The quantitative estimate of drug-likeness (QED) is 0.268. The van der Waals surface area contributed by atoms with Crippen LogP contribution in [0.3, 0.4) is 0 Å². The number of amides is 1. The number of sulfonamides is 1. The lowest BCUT2D eigenvalue weighted by Crippen LogP contribution is -2.56. The molecule has 0 saturated carbocycles. The number of nitrogens with zero attached hydrogens (tertiary/aromatic N) is 1. The summed E-state index contributed by atoms with van der Waals surface area (Å²) in [4.78, 5) is 12.5. The minimum Gasteiger partial charge on any atom is -0.497 e. The summed E-state index contributed by atoms with van der Waals surface area (Å²) in [7, 11) is -2.32. The third-order valence-corrected chi connectivity index (χ3v) is 8.16. The highest BCUT2D eigenvalue weighted by atomic mass is 32.2. The van der Waals surface area contributed by atoms with Gasteiger partial charge in [0.15, 0.2) is 0 Å². The number of nitrogens with one attached hydrogen (secondary N) is 2. The molecule has 2 atom stereocenters. The fraction of sp³-hybridized carbons (Fsp3) is 0.480. The molecule has 8 nitrogen and oxygen atoms in total. The number of hydrogen-bond donors (Lipinski definition) is 3. The highest BCUT2D eigenvalue weighted by Gasteiger charge is 2.40. The van der Waals surface area contributed by atoms with Gasteiger partial charge in [-0.2, -0.15) is 4.31 Å². The smallest absolute Gasteiger partial charge is 0.261 e. The minimum atomic E-state index is -3.92. The highest BCUT2D eigenvalue weighted by molar-refractivity contribution is 7.89. The van der Waals surface area contributed by atoms with Crippen LogP contribution in [-0.2, 0) is 14.8 Å². The van der Waals surface area contributed by atoms with Crippen LogP contribution >= 0.6 is 0 Å². The first-order chi connectivity index (χ1) is 16.3. The standard InChI is InChI=1S/C25H35N3O5S/c1-18(2)5-4-15-26-21-14-16-28(24(17-21)25(29)27-30)34(31,32)23-12-8-20(9-13-23)19-6-10-22(33-3)11-7-19/h6-13,18,21,24,26,30H,4-5,14-17H2,1-3H3,(H,27,29)/t21-,24-/m1/s1. The van der Waals surface area contributed by atoms with Gasteiger partial charge in [-0.05, 0) is 73.5 Å². The Morgan fingerprint density at radius 2 is 1.74 bits per heavy atom. The molecule has 0 unspecified atom stereocenters. The molecule has 0 bridgehead atoms. The summed E-state index contributed by atoms with van der Waals surface area (Å²) in [5.41, 5.74) is 3.46. The lowest BCUT2D eigenvalue weighted by atomic mass is 9.98. The third-order valence-electron chi connectivity index (χ3n) is 6.24. The number of ether oxygens (including phenoxy) is 1. The number of hydroxylamine groups is 1. The van der Waals surface area contributed by atoms with Crippen molar-refractivity contribution in [3.8, 4) is 16.9 Å². The molecule has 1 fully saturated rings. The van der Waals surface area contributed by atoms with Crippen LogP contribution in [-0.4, -0.2) is 56.1 Å². The second-order valence-corrected chi connectivity index (χ2v) is 11.0. The van der Waals surface area contributed by atoms with Gasteiger partial charge in [0.05, 0.1) is 12.0 Å². The van der Waals surface area contributed by atoms with Gasteiger partial charge in [-0.3, -0.25) is 10.0 Å². The average Bonchev–Trinajstić information content (AvgIpc) is 2.86. The Kier molecular flexibility index (Phi) is 9.07. The van der Waals surface area contributed by atoms with E-state index >= 15 is 0 Å². The van der Waals surface area contributed by atoms with Crippen LogP contribution in [0.15, 0.2) is 53.4 Å². The molecular formula is C25H35N3O5S. The van der Waals surface area contributed by atoms with Crippen molar-refractivity contribution >= 4 is 15.9 Å². The van der Waals surface area contributed by atoms with E-state index in [1.807, 2.05) is 24.3 Å². The van der Waals surface area contributed by atoms with E-state index in [1.165, 1.54) is 4.31 Å². The molecule has 1 aliphatic heterocycles. The summed E-state index contributed by atoms with van der Waals surface area (Å²) in [5.74, 6) is 0.652. The zero-order chi connectivity index (χ0) is 24.7. The van der Waals surface area contributed by atoms with E-state index < -0.39 is 22.0 Å². The van der Waals surface area contributed by atoms with Crippen LogP contribution in [0.4, 0.5) is 0 Å². The van der Waals surface area contributed by atoms with Crippen LogP contribution in [0.1, 0.15) is 39.5 Å². The average molecular weight is 490 g/mol. The molecule has 186 valence electrons. The van der Waals surface area contributed by atoms with Crippen molar-refractivity contribution in [1.29, 1.82) is 0 Å². The molecule has 1 amide bonds. The van der Waals surface area contributed by atoms with Gasteiger partial charge in [0, 0.05) is 12.6 Å². The van der Waals surface area contributed by atoms with Gasteiger partial charge in [-0.25, -0.2) is 13.9 Å². The molecule has 3 N–H and O–H groups in total. The molecule has 0 aliphatic carbocycles. The molecule has 9 heteroatoms. The van der Waals surface area contributed by atoms with Gasteiger partial charge >= 0.3 is 0 Å². The number of carbonyl (C=O) groups excluding carboxylic acids is 1. The van der Waals surface area contributed by atoms with Crippen LogP contribution in [0, 0.1) is 5.92 Å². The van der Waals surface area contributed by atoms with Gasteiger partial charge in [-0.15, -0.1) is 0 Å². The summed E-state index contributed by atoms with van der Waals surface area (Å²) in [6.45, 7) is 5.36. The number of carbonyl (C=O) groups is 1. The minimum absolute atomic E-state index is 0.0124. The van der Waals surface area contributed by atoms with E-state index in [1.54, 1.807) is 36.9 Å². The van der Waals surface area contributed by atoms with E-state index in [0.717, 1.165) is 36.3 Å². The number of hydrogen-bond acceptors (Lipinski definition) is 6. The van der Waals surface area contributed by atoms with Gasteiger partial charge in [0.25, 0.3) is 5.91 Å². The maximum absolute atomic E-state index is 13.4. The largest absolute Gasteiger partial charge is 0.497 e. The summed E-state index contributed by atoms with van der Waals surface area (Å²) in [6.07, 6.45) is 3.03. The van der Waals surface area contributed by atoms with Gasteiger partial charge in [0.1, 0.15) is 11.8 Å². The van der Waals surface area contributed by atoms with Crippen molar-refractivity contribution in [2.75, 3.05) is 20.2 Å². The van der Waals surface area contributed by atoms with Crippen molar-refractivity contribution in [2.45, 2.75) is 56.5 Å². The van der Waals surface area contributed by atoms with Crippen molar-refractivity contribution in [3.05, 3.63) is 48.5 Å². The fourth-order valence-corrected chi connectivity index (χ4v) is 5.90. The highest BCUT2D eigenvalue weighted by Crippen LogP contribution is 2.28. The molecule has 1 heterocycles. The third kappa shape index (κ3) is 6.35. The summed E-state index contributed by atoms with van der Waals surface area (Å²) in [5, 5.41) is 12.7. The first-order valence-electron chi connectivity index (χ1n) is 11.7. The number of benzene rings is 2.